The maximum atomic E-state index is 12.6. The topological polar surface area (TPSA) is 26.3 Å². The van der Waals surface area contributed by atoms with Gasteiger partial charge >= 0.3 is 0 Å². The average Bonchev–Trinajstić information content (AvgIpc) is 2.04. The van der Waals surface area contributed by atoms with Gasteiger partial charge in [0.1, 0.15) is 11.6 Å². The van der Waals surface area contributed by atoms with E-state index in [1.165, 1.54) is 19.2 Å². The van der Waals surface area contributed by atoms with E-state index in [-0.39, 0.29) is 11.3 Å². The quantitative estimate of drug-likeness (QED) is 0.666. The van der Waals surface area contributed by atoms with Gasteiger partial charge in [0.2, 0.25) is 0 Å². The van der Waals surface area contributed by atoms with Crippen LogP contribution >= 0.6 is 11.6 Å². The number of hydrogen-bond acceptors (Lipinski definition) is 2. The summed E-state index contributed by atoms with van der Waals surface area (Å²) in [4.78, 5) is 10.7. The van der Waals surface area contributed by atoms with Crippen LogP contribution in [0.15, 0.2) is 18.2 Å². The van der Waals surface area contributed by atoms with Gasteiger partial charge < -0.3 is 4.74 Å². The summed E-state index contributed by atoms with van der Waals surface area (Å²) >= 11 is 5.17. The van der Waals surface area contributed by atoms with Crippen LogP contribution in [0.2, 0.25) is 0 Å². The van der Waals surface area contributed by atoms with Gasteiger partial charge in [-0.05, 0) is 29.8 Å². The van der Waals surface area contributed by atoms with Crippen LogP contribution in [0.25, 0.3) is 0 Å². The summed E-state index contributed by atoms with van der Waals surface area (Å²) in [5.41, 5.74) is 0.0409. The molecule has 4 heteroatoms. The Morgan fingerprint density at radius 2 is 2.25 bits per heavy atom. The molecule has 0 amide bonds. The summed E-state index contributed by atoms with van der Waals surface area (Å²) in [7, 11) is 1.39. The molecular formula is C8H6ClFO2. The number of benzene rings is 1. The highest BCUT2D eigenvalue weighted by molar-refractivity contribution is 6.68. The molecule has 0 N–H and O–H groups in total. The monoisotopic (exact) mass is 188 g/mol. The lowest BCUT2D eigenvalue weighted by atomic mass is 10.2. The zero-order chi connectivity index (χ0) is 9.14. The number of ether oxygens (including phenoxy) is 1. The lowest BCUT2D eigenvalue weighted by Crippen LogP contribution is -1.95. The molecule has 0 bridgehead atoms. The average molecular weight is 189 g/mol. The molecule has 64 valence electrons. The zero-order valence-electron chi connectivity index (χ0n) is 6.30. The van der Waals surface area contributed by atoms with E-state index < -0.39 is 11.1 Å². The number of halogens is 2. The third-order valence-electron chi connectivity index (χ3n) is 1.37. The summed E-state index contributed by atoms with van der Waals surface area (Å²) < 4.78 is 17.4. The molecule has 0 heterocycles. The van der Waals surface area contributed by atoms with E-state index in [2.05, 4.69) is 0 Å². The van der Waals surface area contributed by atoms with Crippen LogP contribution in [0.3, 0.4) is 0 Å². The van der Waals surface area contributed by atoms with Gasteiger partial charge in [0.15, 0.2) is 0 Å². The lowest BCUT2D eigenvalue weighted by Gasteiger charge is -2.03. The molecule has 1 rings (SSSR count). The van der Waals surface area contributed by atoms with Gasteiger partial charge in [-0.3, -0.25) is 4.79 Å². The Bertz CT molecular complexity index is 312. The van der Waals surface area contributed by atoms with Crippen molar-refractivity contribution in [3.8, 4) is 5.75 Å². The highest BCUT2D eigenvalue weighted by Gasteiger charge is 2.09. The van der Waals surface area contributed by atoms with E-state index in [0.29, 0.717) is 0 Å². The van der Waals surface area contributed by atoms with Crippen LogP contribution in [0.4, 0.5) is 4.39 Å². The van der Waals surface area contributed by atoms with Crippen LogP contribution in [0.5, 0.6) is 5.75 Å². The van der Waals surface area contributed by atoms with Crippen molar-refractivity contribution in [1.29, 1.82) is 0 Å². The van der Waals surface area contributed by atoms with Crippen molar-refractivity contribution in [2.24, 2.45) is 0 Å². The number of methoxy groups -OCH3 is 1. The molecule has 0 atom stereocenters. The van der Waals surface area contributed by atoms with Crippen LogP contribution in [-0.2, 0) is 0 Å². The highest BCUT2D eigenvalue weighted by Crippen LogP contribution is 2.20. The maximum Gasteiger partial charge on any atom is 0.256 e. The molecule has 1 aromatic rings. The minimum Gasteiger partial charge on any atom is -0.496 e. The fourth-order valence-electron chi connectivity index (χ4n) is 0.834. The molecule has 0 radical (unpaired) electrons. The number of hydrogen-bond donors (Lipinski definition) is 0. The fraction of sp³-hybridized carbons (Fsp3) is 0.125. The molecular weight excluding hydrogens is 183 g/mol. The molecule has 2 nitrogen and oxygen atoms in total. The predicted molar refractivity (Wildman–Crippen MR) is 43.1 cm³/mol. The molecule has 0 spiro atoms. The van der Waals surface area contributed by atoms with Gasteiger partial charge in [0, 0.05) is 0 Å². The Morgan fingerprint density at radius 3 is 2.75 bits per heavy atom. The van der Waals surface area contributed by atoms with Crippen molar-refractivity contribution >= 4 is 16.8 Å². The third-order valence-corrected chi connectivity index (χ3v) is 1.58. The van der Waals surface area contributed by atoms with Gasteiger partial charge in [-0.2, -0.15) is 0 Å². The van der Waals surface area contributed by atoms with Crippen LogP contribution in [-0.4, -0.2) is 12.4 Å². The summed E-state index contributed by atoms with van der Waals surface area (Å²) in [6.45, 7) is 0. The van der Waals surface area contributed by atoms with E-state index in [1.54, 1.807) is 0 Å². The number of carbonyl (C=O) groups excluding carboxylic acids is 1. The van der Waals surface area contributed by atoms with Crippen molar-refractivity contribution in [3.05, 3.63) is 29.6 Å². The summed E-state index contributed by atoms with van der Waals surface area (Å²) in [6, 6.07) is 3.58. The van der Waals surface area contributed by atoms with Crippen LogP contribution in [0, 0.1) is 5.82 Å². The Kier molecular flexibility index (Phi) is 2.65. The van der Waals surface area contributed by atoms with Crippen LogP contribution < -0.4 is 4.74 Å². The number of carbonyl (C=O) groups is 1. The van der Waals surface area contributed by atoms with Crippen molar-refractivity contribution < 1.29 is 13.9 Å². The Balaban J connectivity index is 3.21. The number of rotatable bonds is 2. The van der Waals surface area contributed by atoms with E-state index in [0.717, 1.165) is 6.07 Å². The van der Waals surface area contributed by atoms with Gasteiger partial charge in [-0.15, -0.1) is 0 Å². The minimum absolute atomic E-state index is 0.0409. The maximum absolute atomic E-state index is 12.6. The predicted octanol–water partition coefficient (Wildman–Crippen LogP) is 2.21. The Labute approximate surface area is 73.9 Å². The van der Waals surface area contributed by atoms with E-state index >= 15 is 0 Å². The van der Waals surface area contributed by atoms with Gasteiger partial charge in [-0.25, -0.2) is 4.39 Å². The van der Waals surface area contributed by atoms with Gasteiger partial charge in [-0.1, -0.05) is 0 Å². The normalized spacial score (nSPS) is 9.58. The lowest BCUT2D eigenvalue weighted by molar-refractivity contribution is 0.107. The van der Waals surface area contributed by atoms with E-state index in [4.69, 9.17) is 16.3 Å². The van der Waals surface area contributed by atoms with Crippen LogP contribution in [0.1, 0.15) is 10.4 Å². The van der Waals surface area contributed by atoms with Gasteiger partial charge in [0.05, 0.1) is 12.7 Å². The van der Waals surface area contributed by atoms with Gasteiger partial charge in [0.25, 0.3) is 5.24 Å². The molecule has 12 heavy (non-hydrogen) atoms. The summed E-state index contributed by atoms with van der Waals surface area (Å²) in [6.07, 6.45) is 0. The minimum atomic E-state index is -0.730. The van der Waals surface area contributed by atoms with Crippen molar-refractivity contribution in [3.63, 3.8) is 0 Å². The second-order valence-electron chi connectivity index (χ2n) is 2.12. The Morgan fingerprint density at radius 1 is 1.58 bits per heavy atom. The molecule has 0 saturated heterocycles. The molecule has 0 saturated carbocycles. The third kappa shape index (κ3) is 1.74. The van der Waals surface area contributed by atoms with E-state index in [9.17, 15) is 9.18 Å². The van der Waals surface area contributed by atoms with Crippen molar-refractivity contribution in [2.75, 3.05) is 7.11 Å². The smallest absolute Gasteiger partial charge is 0.256 e. The van der Waals surface area contributed by atoms with E-state index in [1.807, 2.05) is 0 Å². The first-order chi connectivity index (χ1) is 5.65. The molecule has 0 aliphatic heterocycles. The Hall–Kier alpha value is -1.09. The summed E-state index contributed by atoms with van der Waals surface area (Å²) in [5, 5.41) is -0.730. The first-order valence-corrected chi connectivity index (χ1v) is 3.56. The standard InChI is InChI=1S/C8H6ClFO2/c1-12-7-3-2-5(10)4-6(7)8(9)11/h2-4H,1H3. The first kappa shape index (κ1) is 9.00. The van der Waals surface area contributed by atoms with Crippen molar-refractivity contribution in [1.82, 2.24) is 0 Å². The summed E-state index contributed by atoms with van der Waals surface area (Å²) in [5.74, 6) is -0.240. The molecule has 1 aromatic carbocycles. The zero-order valence-corrected chi connectivity index (χ0v) is 7.06. The fourth-order valence-corrected chi connectivity index (χ4v) is 0.981. The molecule has 0 aromatic heterocycles. The molecule has 0 aliphatic carbocycles. The second-order valence-corrected chi connectivity index (χ2v) is 2.46. The first-order valence-electron chi connectivity index (χ1n) is 3.18. The molecule has 0 fully saturated rings. The highest BCUT2D eigenvalue weighted by atomic mass is 35.5. The SMILES string of the molecule is COc1ccc(F)cc1C(=O)Cl. The van der Waals surface area contributed by atoms with Crippen molar-refractivity contribution in [2.45, 2.75) is 0 Å². The largest absolute Gasteiger partial charge is 0.496 e. The molecule has 0 aliphatic rings. The molecule has 0 unspecified atom stereocenters. The second kappa shape index (κ2) is 3.54.